The van der Waals surface area contributed by atoms with Crippen molar-refractivity contribution in [1.29, 1.82) is 0 Å². The summed E-state index contributed by atoms with van der Waals surface area (Å²) >= 11 is 0. The number of phenolic OH excluding ortho intramolecular Hbond substituents is 6. The molecule has 2 rings (SSSR count). The molecule has 0 radical (unpaired) electrons. The number of benzene rings is 2. The molecule has 0 unspecified atom stereocenters. The van der Waals surface area contributed by atoms with Crippen molar-refractivity contribution in [3.05, 3.63) is 23.3 Å². The van der Waals surface area contributed by atoms with Crippen molar-refractivity contribution in [3.8, 4) is 46.0 Å². The lowest BCUT2D eigenvalue weighted by molar-refractivity contribution is 0.0585. The molecule has 0 saturated carbocycles. The van der Waals surface area contributed by atoms with Crippen LogP contribution in [0.4, 0.5) is 0 Å². The van der Waals surface area contributed by atoms with Crippen LogP contribution in [0, 0.1) is 0 Å². The van der Waals surface area contributed by atoms with Gasteiger partial charge in [0.25, 0.3) is 0 Å². The fourth-order valence-corrected chi connectivity index (χ4v) is 2.08. The smallest absolute Gasteiger partial charge is 0.341 e. The Morgan fingerprint density at radius 2 is 1.15 bits per heavy atom. The molecule has 0 atom stereocenters. The van der Waals surface area contributed by atoms with Gasteiger partial charge in [0.1, 0.15) is 11.1 Å². The maximum Gasteiger partial charge on any atom is 0.341 e. The molecule has 0 saturated heterocycles. The molecule has 0 bridgehead atoms. The second kappa shape index (κ2) is 7.07. The average molecular weight is 382 g/mol. The normalized spacial score (nSPS) is 10.3. The Bertz CT molecular complexity index is 933. The van der Waals surface area contributed by atoms with Crippen LogP contribution < -0.4 is 4.74 Å². The minimum Gasteiger partial charge on any atom is -0.504 e. The first-order valence-electron chi connectivity index (χ1n) is 7.04. The Balaban J connectivity index is 2.74. The number of hydrogen-bond donors (Lipinski definition) is 6. The predicted molar refractivity (Wildman–Crippen MR) is 85.6 cm³/mol. The van der Waals surface area contributed by atoms with E-state index in [1.807, 2.05) is 0 Å². The van der Waals surface area contributed by atoms with Crippen LogP contribution in [-0.2, 0) is 9.47 Å². The minimum absolute atomic E-state index is 0.605. The van der Waals surface area contributed by atoms with E-state index in [9.17, 15) is 40.2 Å². The highest BCUT2D eigenvalue weighted by molar-refractivity contribution is 5.96. The van der Waals surface area contributed by atoms with Gasteiger partial charge in [-0.3, -0.25) is 0 Å². The summed E-state index contributed by atoms with van der Waals surface area (Å²) in [5.74, 6) is -10.1. The molecule has 0 aliphatic heterocycles. The van der Waals surface area contributed by atoms with E-state index in [1.165, 1.54) is 0 Å². The van der Waals surface area contributed by atoms with E-state index < -0.39 is 69.1 Å². The van der Waals surface area contributed by atoms with Crippen LogP contribution in [0.1, 0.15) is 20.7 Å². The molecule has 0 aliphatic rings. The number of phenols is 6. The van der Waals surface area contributed by atoms with Gasteiger partial charge in [-0.1, -0.05) is 0 Å². The molecule has 0 aromatic heterocycles. The van der Waals surface area contributed by atoms with Gasteiger partial charge in [0, 0.05) is 12.1 Å². The van der Waals surface area contributed by atoms with Crippen molar-refractivity contribution in [1.82, 2.24) is 0 Å². The number of carbonyl (C=O) groups is 2. The Morgan fingerprint density at radius 3 is 1.70 bits per heavy atom. The van der Waals surface area contributed by atoms with E-state index in [4.69, 9.17) is 4.74 Å². The Hall–Kier alpha value is -4.02. The Kier molecular flexibility index (Phi) is 5.06. The summed E-state index contributed by atoms with van der Waals surface area (Å²) in [6.45, 7) is 0. The molecule has 0 fully saturated rings. The molecule has 11 heteroatoms. The number of ether oxygens (including phenoxy) is 3. The van der Waals surface area contributed by atoms with Crippen molar-refractivity contribution in [3.63, 3.8) is 0 Å². The van der Waals surface area contributed by atoms with Gasteiger partial charge in [-0.25, -0.2) is 9.59 Å². The second-order valence-corrected chi connectivity index (χ2v) is 5.02. The lowest BCUT2D eigenvalue weighted by atomic mass is 10.1. The molecular weight excluding hydrogens is 368 g/mol. The van der Waals surface area contributed by atoms with Crippen LogP contribution in [0.25, 0.3) is 0 Å². The molecule has 6 N–H and O–H groups in total. The van der Waals surface area contributed by atoms with Crippen molar-refractivity contribution >= 4 is 11.9 Å². The lowest BCUT2D eigenvalue weighted by Crippen LogP contribution is -2.06. The van der Waals surface area contributed by atoms with Gasteiger partial charge < -0.3 is 44.8 Å². The molecular formula is C16H14O11. The van der Waals surface area contributed by atoms with E-state index in [0.29, 0.717) is 12.1 Å². The fourth-order valence-electron chi connectivity index (χ4n) is 2.08. The maximum atomic E-state index is 11.8. The zero-order chi connectivity index (χ0) is 20.5. The third-order valence-electron chi connectivity index (χ3n) is 3.43. The van der Waals surface area contributed by atoms with Crippen LogP contribution in [-0.4, -0.2) is 56.8 Å². The van der Waals surface area contributed by atoms with Crippen LogP contribution in [0.3, 0.4) is 0 Å². The van der Waals surface area contributed by atoms with Crippen molar-refractivity contribution < 1.29 is 54.4 Å². The molecule has 27 heavy (non-hydrogen) atoms. The third kappa shape index (κ3) is 3.25. The van der Waals surface area contributed by atoms with Gasteiger partial charge >= 0.3 is 11.9 Å². The molecule has 0 amide bonds. The van der Waals surface area contributed by atoms with Gasteiger partial charge in [0.2, 0.25) is 23.0 Å². The summed E-state index contributed by atoms with van der Waals surface area (Å²) in [6, 6.07) is 1.38. The van der Waals surface area contributed by atoms with Crippen LogP contribution >= 0.6 is 0 Å². The first-order chi connectivity index (χ1) is 12.6. The molecule has 11 nitrogen and oxygen atoms in total. The van der Waals surface area contributed by atoms with E-state index in [-0.39, 0.29) is 0 Å². The molecule has 2 aromatic carbocycles. The zero-order valence-corrected chi connectivity index (χ0v) is 13.9. The topological polar surface area (TPSA) is 183 Å². The number of methoxy groups -OCH3 is 2. The van der Waals surface area contributed by atoms with Crippen LogP contribution in [0.15, 0.2) is 12.1 Å². The third-order valence-corrected chi connectivity index (χ3v) is 3.43. The van der Waals surface area contributed by atoms with Crippen molar-refractivity contribution in [2.75, 3.05) is 14.2 Å². The highest BCUT2D eigenvalue weighted by Crippen LogP contribution is 2.52. The summed E-state index contributed by atoms with van der Waals surface area (Å²) in [7, 11) is 1.97. The summed E-state index contributed by atoms with van der Waals surface area (Å²) in [5, 5.41) is 59.0. The molecule has 2 aromatic rings. The number of carbonyl (C=O) groups excluding carboxylic acids is 2. The van der Waals surface area contributed by atoms with Crippen LogP contribution in [0.2, 0.25) is 0 Å². The highest BCUT2D eigenvalue weighted by Gasteiger charge is 2.29. The monoisotopic (exact) mass is 382 g/mol. The summed E-state index contributed by atoms with van der Waals surface area (Å²) in [6.07, 6.45) is 0. The maximum absolute atomic E-state index is 11.8. The first kappa shape index (κ1) is 19.3. The SMILES string of the molecule is COC(=O)c1cc(O)c(O)c(Oc2c(C(=O)OC)cc(O)c(O)c2O)c1O. The predicted octanol–water partition coefficient (Wildman–Crippen LogP) is 1.29. The van der Waals surface area contributed by atoms with E-state index >= 15 is 0 Å². The molecule has 144 valence electrons. The minimum atomic E-state index is -1.14. The molecule has 0 heterocycles. The summed E-state index contributed by atoms with van der Waals surface area (Å²) < 4.78 is 14.0. The molecule has 0 aliphatic carbocycles. The fraction of sp³-hybridized carbons (Fsp3) is 0.125. The Labute approximate surface area is 150 Å². The van der Waals surface area contributed by atoms with Crippen LogP contribution in [0.5, 0.6) is 46.0 Å². The van der Waals surface area contributed by atoms with Gasteiger partial charge in [-0.2, -0.15) is 0 Å². The average Bonchev–Trinajstić information content (AvgIpc) is 2.66. The molecule has 0 spiro atoms. The highest BCUT2D eigenvalue weighted by atomic mass is 16.5. The second-order valence-electron chi connectivity index (χ2n) is 5.02. The lowest BCUT2D eigenvalue weighted by Gasteiger charge is -2.16. The first-order valence-corrected chi connectivity index (χ1v) is 7.04. The standard InChI is InChI=1S/C16H14O11/c1-25-15(23)5-3-8(18)11(21)14(9(5)19)27-13-6(16(24)26-2)4-7(17)10(20)12(13)22/h3-4,17-22H,1-2H3. The van der Waals surface area contributed by atoms with E-state index in [1.54, 1.807) is 0 Å². The summed E-state index contributed by atoms with van der Waals surface area (Å²) in [4.78, 5) is 23.5. The van der Waals surface area contributed by atoms with Crippen molar-refractivity contribution in [2.24, 2.45) is 0 Å². The number of esters is 2. The zero-order valence-electron chi connectivity index (χ0n) is 13.9. The summed E-state index contributed by atoms with van der Waals surface area (Å²) in [5.41, 5.74) is -1.21. The quantitative estimate of drug-likeness (QED) is 0.254. The van der Waals surface area contributed by atoms with Crippen molar-refractivity contribution in [2.45, 2.75) is 0 Å². The van der Waals surface area contributed by atoms with E-state index in [2.05, 4.69) is 9.47 Å². The van der Waals surface area contributed by atoms with Gasteiger partial charge in [0.15, 0.2) is 23.0 Å². The van der Waals surface area contributed by atoms with Gasteiger partial charge in [0.05, 0.1) is 14.2 Å². The van der Waals surface area contributed by atoms with Gasteiger partial charge in [-0.05, 0) is 0 Å². The van der Waals surface area contributed by atoms with E-state index in [0.717, 1.165) is 14.2 Å². The largest absolute Gasteiger partial charge is 0.504 e. The number of aromatic hydroxyl groups is 6. The Morgan fingerprint density at radius 1 is 0.667 bits per heavy atom. The van der Waals surface area contributed by atoms with Gasteiger partial charge in [-0.15, -0.1) is 0 Å². The number of hydrogen-bond acceptors (Lipinski definition) is 11. The number of rotatable bonds is 4.